The number of hydrogen-bond acceptors (Lipinski definition) is 3. The van der Waals surface area contributed by atoms with Gasteiger partial charge in [-0.2, -0.15) is 18.3 Å². The van der Waals surface area contributed by atoms with Gasteiger partial charge >= 0.3 is 6.18 Å². The molecule has 9 heteroatoms. The Labute approximate surface area is 131 Å². The SMILES string of the molecule is Cc1ccc2c(c1)CCC2NS(=O)(=O)c1cn[nH]c1C(F)(F)F. The Morgan fingerprint density at radius 1 is 1.35 bits per heavy atom. The van der Waals surface area contributed by atoms with E-state index in [9.17, 15) is 21.6 Å². The average molecular weight is 345 g/mol. The molecule has 1 unspecified atom stereocenters. The number of alkyl halides is 3. The molecular formula is C14H14F3N3O2S. The van der Waals surface area contributed by atoms with Crippen LogP contribution in [0, 0.1) is 6.92 Å². The molecule has 1 aliphatic carbocycles. The normalized spacial score (nSPS) is 18.2. The lowest BCUT2D eigenvalue weighted by Crippen LogP contribution is -2.29. The molecule has 1 aromatic heterocycles. The highest BCUT2D eigenvalue weighted by atomic mass is 32.2. The maximum absolute atomic E-state index is 12.8. The number of nitrogens with one attached hydrogen (secondary N) is 2. The van der Waals surface area contributed by atoms with Crippen LogP contribution in [0.3, 0.4) is 0 Å². The Kier molecular flexibility index (Phi) is 3.72. The van der Waals surface area contributed by atoms with Crippen molar-refractivity contribution in [2.24, 2.45) is 0 Å². The molecule has 0 aliphatic heterocycles. The molecule has 1 aliphatic rings. The Morgan fingerprint density at radius 2 is 2.09 bits per heavy atom. The summed E-state index contributed by atoms with van der Waals surface area (Å²) in [6, 6.07) is 5.09. The lowest BCUT2D eigenvalue weighted by Gasteiger charge is -2.15. The standard InChI is InChI=1S/C14H14F3N3O2S/c1-8-2-4-10-9(6-8)3-5-11(10)20-23(21,22)12-7-18-19-13(12)14(15,16)17/h2,4,6-7,11,20H,3,5H2,1H3,(H,18,19). The molecule has 2 aromatic rings. The molecule has 0 saturated heterocycles. The maximum Gasteiger partial charge on any atom is 0.434 e. The Hall–Kier alpha value is -1.87. The largest absolute Gasteiger partial charge is 0.434 e. The summed E-state index contributed by atoms with van der Waals surface area (Å²) in [7, 11) is -4.33. The number of nitrogens with zero attached hydrogens (tertiary/aromatic N) is 1. The van der Waals surface area contributed by atoms with Gasteiger partial charge in [0.1, 0.15) is 4.90 Å². The second kappa shape index (κ2) is 5.34. The van der Waals surface area contributed by atoms with E-state index in [1.54, 1.807) is 5.10 Å². The minimum absolute atomic E-state index is 0.511. The zero-order chi connectivity index (χ0) is 16.8. The van der Waals surface area contributed by atoms with Gasteiger partial charge in [-0.1, -0.05) is 23.8 Å². The first-order valence-corrected chi connectivity index (χ1v) is 8.39. The van der Waals surface area contributed by atoms with E-state index in [1.807, 2.05) is 25.1 Å². The predicted molar refractivity (Wildman–Crippen MR) is 76.2 cm³/mol. The van der Waals surface area contributed by atoms with E-state index in [4.69, 9.17) is 0 Å². The fourth-order valence-electron chi connectivity index (χ4n) is 2.80. The first-order chi connectivity index (χ1) is 10.7. The second-order valence-corrected chi connectivity index (χ2v) is 7.20. The van der Waals surface area contributed by atoms with Crippen LogP contribution in [-0.2, 0) is 22.6 Å². The smallest absolute Gasteiger partial charge is 0.272 e. The van der Waals surface area contributed by atoms with Gasteiger partial charge in [-0.3, -0.25) is 5.10 Å². The molecule has 1 heterocycles. The van der Waals surface area contributed by atoms with Crippen LogP contribution in [0.1, 0.15) is 34.8 Å². The summed E-state index contributed by atoms with van der Waals surface area (Å²) >= 11 is 0. The number of H-pyrrole nitrogens is 1. The van der Waals surface area contributed by atoms with Crippen LogP contribution in [0.5, 0.6) is 0 Å². The molecule has 0 amide bonds. The molecule has 0 fully saturated rings. The third-order valence-electron chi connectivity index (χ3n) is 3.85. The molecule has 3 rings (SSSR count). The Morgan fingerprint density at radius 3 is 2.78 bits per heavy atom. The van der Waals surface area contributed by atoms with Crippen LogP contribution in [0.15, 0.2) is 29.3 Å². The summed E-state index contributed by atoms with van der Waals surface area (Å²) in [5.41, 5.74) is 1.51. The molecule has 5 nitrogen and oxygen atoms in total. The fourth-order valence-corrected chi connectivity index (χ4v) is 4.17. The van der Waals surface area contributed by atoms with Gasteiger partial charge in [0.05, 0.1) is 6.20 Å². The number of benzene rings is 1. The van der Waals surface area contributed by atoms with Crippen molar-refractivity contribution in [1.82, 2.24) is 14.9 Å². The number of hydrogen-bond donors (Lipinski definition) is 2. The lowest BCUT2D eigenvalue weighted by atomic mass is 10.1. The summed E-state index contributed by atoms with van der Waals surface area (Å²) < 4.78 is 65.5. The first-order valence-electron chi connectivity index (χ1n) is 6.91. The van der Waals surface area contributed by atoms with Crippen LogP contribution in [0.4, 0.5) is 13.2 Å². The molecule has 1 atom stereocenters. The molecule has 1 aromatic carbocycles. The van der Waals surface area contributed by atoms with Gasteiger partial charge in [-0.05, 0) is 30.9 Å². The maximum atomic E-state index is 12.8. The molecule has 0 spiro atoms. The highest BCUT2D eigenvalue weighted by Crippen LogP contribution is 2.35. The molecule has 0 saturated carbocycles. The number of fused-ring (bicyclic) bond motifs is 1. The predicted octanol–water partition coefficient (Wildman–Crippen LogP) is 2.70. The van der Waals surface area contributed by atoms with Crippen LogP contribution in [-0.4, -0.2) is 18.6 Å². The Balaban J connectivity index is 1.91. The van der Waals surface area contributed by atoms with Crippen molar-refractivity contribution in [3.63, 3.8) is 0 Å². The van der Waals surface area contributed by atoms with Crippen molar-refractivity contribution >= 4 is 10.0 Å². The molecule has 0 radical (unpaired) electrons. The number of sulfonamides is 1. The minimum Gasteiger partial charge on any atom is -0.272 e. The molecule has 23 heavy (non-hydrogen) atoms. The zero-order valence-corrected chi connectivity index (χ0v) is 12.9. The highest BCUT2D eigenvalue weighted by Gasteiger charge is 2.40. The van der Waals surface area contributed by atoms with Gasteiger partial charge in [0.15, 0.2) is 5.69 Å². The number of rotatable bonds is 3. The van der Waals surface area contributed by atoms with Gasteiger partial charge in [0.25, 0.3) is 0 Å². The third kappa shape index (κ3) is 2.98. The van der Waals surface area contributed by atoms with Crippen molar-refractivity contribution < 1.29 is 21.6 Å². The number of halogens is 3. The van der Waals surface area contributed by atoms with E-state index >= 15 is 0 Å². The summed E-state index contributed by atoms with van der Waals surface area (Å²) in [6.07, 6.45) is -2.94. The minimum atomic E-state index is -4.81. The van der Waals surface area contributed by atoms with E-state index < -0.39 is 32.8 Å². The van der Waals surface area contributed by atoms with Gasteiger partial charge < -0.3 is 0 Å². The number of aryl methyl sites for hydroxylation is 2. The topological polar surface area (TPSA) is 74.8 Å². The number of aromatic nitrogens is 2. The molecular weight excluding hydrogens is 331 g/mol. The lowest BCUT2D eigenvalue weighted by molar-refractivity contribution is -0.143. The van der Waals surface area contributed by atoms with Gasteiger partial charge in [0.2, 0.25) is 10.0 Å². The summed E-state index contributed by atoms with van der Waals surface area (Å²) in [4.78, 5) is -0.884. The van der Waals surface area contributed by atoms with Crippen LogP contribution < -0.4 is 4.72 Å². The fraction of sp³-hybridized carbons (Fsp3) is 0.357. The quantitative estimate of drug-likeness (QED) is 0.898. The first kappa shape index (κ1) is 16.0. The van der Waals surface area contributed by atoms with E-state index in [2.05, 4.69) is 9.82 Å². The van der Waals surface area contributed by atoms with Crippen molar-refractivity contribution in [3.8, 4) is 0 Å². The van der Waals surface area contributed by atoms with Gasteiger partial charge in [-0.25, -0.2) is 13.1 Å². The summed E-state index contributed by atoms with van der Waals surface area (Å²) in [5.74, 6) is 0. The van der Waals surface area contributed by atoms with E-state index in [0.717, 1.165) is 16.7 Å². The molecule has 124 valence electrons. The van der Waals surface area contributed by atoms with Crippen LogP contribution in [0.25, 0.3) is 0 Å². The third-order valence-corrected chi connectivity index (χ3v) is 5.33. The highest BCUT2D eigenvalue weighted by molar-refractivity contribution is 7.89. The zero-order valence-electron chi connectivity index (χ0n) is 12.1. The van der Waals surface area contributed by atoms with Crippen molar-refractivity contribution in [2.45, 2.75) is 36.9 Å². The van der Waals surface area contributed by atoms with E-state index in [1.165, 1.54) is 0 Å². The van der Waals surface area contributed by atoms with Crippen molar-refractivity contribution in [2.75, 3.05) is 0 Å². The van der Waals surface area contributed by atoms with Crippen molar-refractivity contribution in [1.29, 1.82) is 0 Å². The van der Waals surface area contributed by atoms with Gasteiger partial charge in [0, 0.05) is 6.04 Å². The monoisotopic (exact) mass is 345 g/mol. The van der Waals surface area contributed by atoms with Gasteiger partial charge in [-0.15, -0.1) is 0 Å². The summed E-state index contributed by atoms with van der Waals surface area (Å²) in [5, 5.41) is 4.93. The number of aromatic amines is 1. The second-order valence-electron chi connectivity index (χ2n) is 5.52. The summed E-state index contributed by atoms with van der Waals surface area (Å²) in [6.45, 7) is 1.93. The average Bonchev–Trinajstić information content (AvgIpc) is 3.05. The van der Waals surface area contributed by atoms with E-state index in [-0.39, 0.29) is 0 Å². The molecule has 2 N–H and O–H groups in total. The Bertz CT molecular complexity index is 843. The van der Waals surface area contributed by atoms with Crippen LogP contribution in [0.2, 0.25) is 0 Å². The van der Waals surface area contributed by atoms with Crippen molar-refractivity contribution in [3.05, 3.63) is 46.8 Å². The van der Waals surface area contributed by atoms with Crippen LogP contribution >= 0.6 is 0 Å². The molecule has 0 bridgehead atoms. The van der Waals surface area contributed by atoms with E-state index in [0.29, 0.717) is 19.0 Å².